The van der Waals surface area contributed by atoms with Crippen molar-refractivity contribution < 1.29 is 0 Å². The minimum Gasteiger partial charge on any atom is -0.299 e. The molecule has 0 unspecified atom stereocenters. The number of nitrogens with zero attached hydrogens (tertiary/aromatic N) is 3. The van der Waals surface area contributed by atoms with Crippen LogP contribution in [-0.2, 0) is 6.54 Å². The molecule has 0 N–H and O–H groups in total. The highest BCUT2D eigenvalue weighted by Crippen LogP contribution is 2.12. The molecule has 0 saturated carbocycles. The monoisotopic (exact) mass is 263 g/mol. The van der Waals surface area contributed by atoms with Crippen molar-refractivity contribution in [2.24, 2.45) is 0 Å². The van der Waals surface area contributed by atoms with E-state index in [0.29, 0.717) is 18.1 Å². The molecule has 0 aliphatic carbocycles. The van der Waals surface area contributed by atoms with Crippen LogP contribution >= 0.6 is 11.6 Å². The molecule has 94 valence electrons. The number of hydrogen-bond acceptors (Lipinski definition) is 3. The third-order valence-electron chi connectivity index (χ3n) is 2.61. The van der Waals surface area contributed by atoms with Crippen molar-refractivity contribution in [3.63, 3.8) is 0 Å². The fourth-order valence-corrected chi connectivity index (χ4v) is 1.84. The van der Waals surface area contributed by atoms with Crippen LogP contribution in [-0.4, -0.2) is 20.4 Å². The Balaban J connectivity index is 2.18. The van der Waals surface area contributed by atoms with Gasteiger partial charge in [-0.15, -0.1) is 11.6 Å². The first kappa shape index (κ1) is 12.8. The number of aryl methyl sites for hydroxylation is 1. The summed E-state index contributed by atoms with van der Waals surface area (Å²) in [6, 6.07) is 5.54. The molecule has 0 saturated heterocycles. The van der Waals surface area contributed by atoms with E-state index < -0.39 is 0 Å². The number of alkyl halides is 1. The minimum atomic E-state index is -0.231. The molecule has 0 aromatic carbocycles. The molecular weight excluding hydrogens is 250 g/mol. The average Bonchev–Trinajstić information content (AvgIpc) is 2.42. The third kappa shape index (κ3) is 3.17. The zero-order valence-electron chi connectivity index (χ0n) is 9.92. The summed E-state index contributed by atoms with van der Waals surface area (Å²) < 4.78 is 1.60. The lowest BCUT2D eigenvalue weighted by molar-refractivity contribution is 0.601. The normalized spacial score (nSPS) is 10.5. The van der Waals surface area contributed by atoms with Gasteiger partial charge in [-0.3, -0.25) is 9.55 Å². The van der Waals surface area contributed by atoms with Crippen LogP contribution in [0.1, 0.15) is 12.8 Å². The van der Waals surface area contributed by atoms with E-state index in [0.717, 1.165) is 18.4 Å². The average molecular weight is 264 g/mol. The highest BCUT2D eigenvalue weighted by atomic mass is 35.5. The Labute approximate surface area is 110 Å². The number of aromatic nitrogens is 3. The Hall–Kier alpha value is -1.68. The van der Waals surface area contributed by atoms with Gasteiger partial charge in [0, 0.05) is 36.6 Å². The molecule has 0 amide bonds. The number of hydrogen-bond donors (Lipinski definition) is 0. The zero-order valence-corrected chi connectivity index (χ0v) is 10.7. The van der Waals surface area contributed by atoms with Crippen LogP contribution in [0.2, 0.25) is 0 Å². The second-order valence-electron chi connectivity index (χ2n) is 3.93. The third-order valence-corrected chi connectivity index (χ3v) is 2.88. The van der Waals surface area contributed by atoms with Crippen LogP contribution in [0.25, 0.3) is 11.3 Å². The maximum atomic E-state index is 11.8. The second-order valence-corrected chi connectivity index (χ2v) is 4.30. The standard InChI is InChI=1S/C13H14ClN3O/c14-6-1-2-8-17-9-5-12(16-13(17)18)11-4-3-7-15-10-11/h3-5,7,9-10H,1-2,6,8H2. The molecule has 0 fully saturated rings. The molecule has 2 aromatic rings. The molecule has 0 aliphatic rings. The van der Waals surface area contributed by atoms with Crippen molar-refractivity contribution in [1.82, 2.24) is 14.5 Å². The molecular formula is C13H14ClN3O. The Bertz CT molecular complexity index is 554. The second kappa shape index (κ2) is 6.31. The van der Waals surface area contributed by atoms with Crippen LogP contribution in [0.4, 0.5) is 0 Å². The van der Waals surface area contributed by atoms with Crippen LogP contribution in [0, 0.1) is 0 Å². The van der Waals surface area contributed by atoms with Gasteiger partial charge in [0.15, 0.2) is 0 Å². The van der Waals surface area contributed by atoms with E-state index in [4.69, 9.17) is 11.6 Å². The van der Waals surface area contributed by atoms with Crippen LogP contribution < -0.4 is 5.69 Å². The highest BCUT2D eigenvalue weighted by molar-refractivity contribution is 6.17. The molecule has 0 aliphatic heterocycles. The van der Waals surface area contributed by atoms with Gasteiger partial charge in [-0.2, -0.15) is 4.98 Å². The Morgan fingerprint density at radius 3 is 2.83 bits per heavy atom. The van der Waals surface area contributed by atoms with Gasteiger partial charge in [-0.1, -0.05) is 0 Å². The number of halogens is 1. The predicted molar refractivity (Wildman–Crippen MR) is 71.7 cm³/mol. The van der Waals surface area contributed by atoms with Crippen molar-refractivity contribution in [1.29, 1.82) is 0 Å². The molecule has 0 bridgehead atoms. The van der Waals surface area contributed by atoms with E-state index in [-0.39, 0.29) is 5.69 Å². The summed E-state index contributed by atoms with van der Waals surface area (Å²) in [4.78, 5) is 19.9. The van der Waals surface area contributed by atoms with E-state index in [2.05, 4.69) is 9.97 Å². The van der Waals surface area contributed by atoms with Crippen molar-refractivity contribution in [2.45, 2.75) is 19.4 Å². The van der Waals surface area contributed by atoms with E-state index in [1.54, 1.807) is 23.2 Å². The topological polar surface area (TPSA) is 47.8 Å². The summed E-state index contributed by atoms with van der Waals surface area (Å²) in [5, 5.41) is 0. The lowest BCUT2D eigenvalue weighted by Crippen LogP contribution is -2.22. The Kier molecular flexibility index (Phi) is 4.47. The summed E-state index contributed by atoms with van der Waals surface area (Å²) in [6.07, 6.45) is 6.94. The lowest BCUT2D eigenvalue weighted by atomic mass is 10.2. The molecule has 2 aromatic heterocycles. The number of unbranched alkanes of at least 4 members (excludes halogenated alkanes) is 1. The summed E-state index contributed by atoms with van der Waals surface area (Å²) in [5.41, 5.74) is 1.27. The number of rotatable bonds is 5. The molecule has 0 atom stereocenters. The fraction of sp³-hybridized carbons (Fsp3) is 0.308. The molecule has 0 radical (unpaired) electrons. The summed E-state index contributed by atoms with van der Waals surface area (Å²) >= 11 is 5.60. The Morgan fingerprint density at radius 2 is 2.17 bits per heavy atom. The fourth-order valence-electron chi connectivity index (χ4n) is 1.65. The molecule has 5 heteroatoms. The lowest BCUT2D eigenvalue weighted by Gasteiger charge is -2.05. The molecule has 18 heavy (non-hydrogen) atoms. The van der Waals surface area contributed by atoms with Gasteiger partial charge in [0.2, 0.25) is 0 Å². The van der Waals surface area contributed by atoms with Gasteiger partial charge in [-0.05, 0) is 31.0 Å². The van der Waals surface area contributed by atoms with E-state index in [1.807, 2.05) is 18.2 Å². The van der Waals surface area contributed by atoms with E-state index in [9.17, 15) is 4.79 Å². The zero-order chi connectivity index (χ0) is 12.8. The molecule has 0 spiro atoms. The predicted octanol–water partition coefficient (Wildman–Crippen LogP) is 2.32. The summed E-state index contributed by atoms with van der Waals surface area (Å²) in [6.45, 7) is 0.659. The quantitative estimate of drug-likeness (QED) is 0.614. The van der Waals surface area contributed by atoms with Crippen molar-refractivity contribution >= 4 is 11.6 Å². The van der Waals surface area contributed by atoms with Crippen molar-refractivity contribution in [3.8, 4) is 11.3 Å². The van der Waals surface area contributed by atoms with E-state index in [1.165, 1.54) is 0 Å². The van der Waals surface area contributed by atoms with Crippen molar-refractivity contribution in [2.75, 3.05) is 5.88 Å². The highest BCUT2D eigenvalue weighted by Gasteiger charge is 2.02. The first-order valence-electron chi connectivity index (χ1n) is 5.85. The van der Waals surface area contributed by atoms with Gasteiger partial charge in [0.25, 0.3) is 0 Å². The van der Waals surface area contributed by atoms with Gasteiger partial charge >= 0.3 is 5.69 Å². The maximum Gasteiger partial charge on any atom is 0.348 e. The minimum absolute atomic E-state index is 0.231. The van der Waals surface area contributed by atoms with E-state index >= 15 is 0 Å². The Morgan fingerprint density at radius 1 is 1.28 bits per heavy atom. The van der Waals surface area contributed by atoms with Gasteiger partial charge in [0.1, 0.15) is 0 Å². The number of pyridine rings is 1. The smallest absolute Gasteiger partial charge is 0.299 e. The summed E-state index contributed by atoms with van der Waals surface area (Å²) in [5.74, 6) is 0.621. The SMILES string of the molecule is O=c1nc(-c2cccnc2)ccn1CCCCCl. The largest absolute Gasteiger partial charge is 0.348 e. The molecule has 2 rings (SSSR count). The first-order chi connectivity index (χ1) is 8.81. The van der Waals surface area contributed by atoms with Crippen LogP contribution in [0.15, 0.2) is 41.6 Å². The van der Waals surface area contributed by atoms with Gasteiger partial charge in [0.05, 0.1) is 5.69 Å². The maximum absolute atomic E-state index is 11.8. The first-order valence-corrected chi connectivity index (χ1v) is 6.38. The van der Waals surface area contributed by atoms with Crippen LogP contribution in [0.3, 0.4) is 0 Å². The summed E-state index contributed by atoms with van der Waals surface area (Å²) in [7, 11) is 0. The van der Waals surface area contributed by atoms with Crippen molar-refractivity contribution in [3.05, 3.63) is 47.3 Å². The molecule has 2 heterocycles. The van der Waals surface area contributed by atoms with Gasteiger partial charge < -0.3 is 0 Å². The van der Waals surface area contributed by atoms with Crippen LogP contribution in [0.5, 0.6) is 0 Å². The van der Waals surface area contributed by atoms with Gasteiger partial charge in [-0.25, -0.2) is 4.79 Å². The molecule has 4 nitrogen and oxygen atoms in total.